The normalized spacial score (nSPS) is 10.1. The highest BCUT2D eigenvalue weighted by Crippen LogP contribution is 2.26. The van der Waals surface area contributed by atoms with Crippen molar-refractivity contribution in [3.05, 3.63) is 94.5 Å². The molecule has 0 saturated heterocycles. The number of benzene rings is 3. The van der Waals surface area contributed by atoms with Crippen molar-refractivity contribution in [2.24, 2.45) is 0 Å². The number of nitrogens with zero attached hydrogens (tertiary/aromatic N) is 2. The molecule has 0 fully saturated rings. The Morgan fingerprint density at radius 1 is 0.963 bits per heavy atom. The summed E-state index contributed by atoms with van der Waals surface area (Å²) in [5.74, 6) is -0.415. The second-order valence-corrected chi connectivity index (χ2v) is 5.47. The number of oxazole rings is 1. The SMILES string of the molecule is O=C(O)c1ccccc1.O=[N+]([O-])c1ccc2nc(-c3ccccc3)oc2c1. The molecule has 7 heteroatoms. The zero-order chi connectivity index (χ0) is 19.2. The third-order valence-corrected chi connectivity index (χ3v) is 3.62. The van der Waals surface area contributed by atoms with Crippen molar-refractivity contribution < 1.29 is 19.2 Å². The number of fused-ring (bicyclic) bond motifs is 1. The fourth-order valence-corrected chi connectivity index (χ4v) is 2.31. The third kappa shape index (κ3) is 4.35. The summed E-state index contributed by atoms with van der Waals surface area (Å²) >= 11 is 0. The quantitative estimate of drug-likeness (QED) is 0.415. The molecule has 0 aliphatic heterocycles. The van der Waals surface area contributed by atoms with Crippen LogP contribution >= 0.6 is 0 Å². The molecule has 0 aliphatic rings. The summed E-state index contributed by atoms with van der Waals surface area (Å²) in [6, 6.07) is 22.1. The first-order valence-electron chi connectivity index (χ1n) is 7.93. The third-order valence-electron chi connectivity index (χ3n) is 3.62. The van der Waals surface area contributed by atoms with Crippen LogP contribution in [0.4, 0.5) is 5.69 Å². The average Bonchev–Trinajstić information content (AvgIpc) is 3.13. The van der Waals surface area contributed by atoms with E-state index in [9.17, 15) is 14.9 Å². The molecule has 0 unspecified atom stereocenters. The van der Waals surface area contributed by atoms with Crippen LogP contribution in [0.1, 0.15) is 10.4 Å². The summed E-state index contributed by atoms with van der Waals surface area (Å²) in [4.78, 5) is 24.7. The van der Waals surface area contributed by atoms with E-state index in [4.69, 9.17) is 9.52 Å². The van der Waals surface area contributed by atoms with E-state index in [0.29, 0.717) is 22.6 Å². The smallest absolute Gasteiger partial charge is 0.335 e. The predicted molar refractivity (Wildman–Crippen MR) is 99.5 cm³/mol. The first-order valence-corrected chi connectivity index (χ1v) is 7.93. The summed E-state index contributed by atoms with van der Waals surface area (Å²) in [5.41, 5.74) is 2.20. The molecular weight excluding hydrogens is 348 g/mol. The van der Waals surface area contributed by atoms with Gasteiger partial charge in [-0.15, -0.1) is 0 Å². The van der Waals surface area contributed by atoms with Crippen molar-refractivity contribution >= 4 is 22.8 Å². The summed E-state index contributed by atoms with van der Waals surface area (Å²) in [7, 11) is 0. The van der Waals surface area contributed by atoms with Gasteiger partial charge in [-0.2, -0.15) is 0 Å². The molecule has 1 heterocycles. The van der Waals surface area contributed by atoms with E-state index < -0.39 is 10.9 Å². The molecular formula is C20H14N2O5. The van der Waals surface area contributed by atoms with Crippen molar-refractivity contribution in [2.45, 2.75) is 0 Å². The first kappa shape index (κ1) is 17.8. The van der Waals surface area contributed by atoms with Gasteiger partial charge in [-0.1, -0.05) is 36.4 Å². The zero-order valence-electron chi connectivity index (χ0n) is 14.0. The summed E-state index contributed by atoms with van der Waals surface area (Å²) in [6.07, 6.45) is 0. The lowest BCUT2D eigenvalue weighted by atomic mass is 10.2. The molecule has 0 atom stereocenters. The highest BCUT2D eigenvalue weighted by molar-refractivity contribution is 5.87. The van der Waals surface area contributed by atoms with E-state index in [1.807, 2.05) is 30.3 Å². The van der Waals surface area contributed by atoms with Gasteiger partial charge in [-0.25, -0.2) is 9.78 Å². The van der Waals surface area contributed by atoms with Crippen LogP contribution in [0.3, 0.4) is 0 Å². The second-order valence-electron chi connectivity index (χ2n) is 5.47. The van der Waals surface area contributed by atoms with Gasteiger partial charge in [0.2, 0.25) is 5.89 Å². The van der Waals surface area contributed by atoms with E-state index in [-0.39, 0.29) is 5.69 Å². The highest BCUT2D eigenvalue weighted by Gasteiger charge is 2.12. The van der Waals surface area contributed by atoms with E-state index in [0.717, 1.165) is 5.56 Å². The van der Waals surface area contributed by atoms with Crippen LogP contribution in [-0.4, -0.2) is 21.0 Å². The van der Waals surface area contributed by atoms with Crippen molar-refractivity contribution in [2.75, 3.05) is 0 Å². The van der Waals surface area contributed by atoms with Gasteiger partial charge in [-0.05, 0) is 30.3 Å². The average molecular weight is 362 g/mol. The lowest BCUT2D eigenvalue weighted by Crippen LogP contribution is -1.93. The minimum atomic E-state index is -0.879. The fraction of sp³-hybridized carbons (Fsp3) is 0. The molecule has 134 valence electrons. The number of aromatic carboxylic acids is 1. The number of rotatable bonds is 3. The first-order chi connectivity index (χ1) is 13.0. The Hall–Kier alpha value is -4.00. The summed E-state index contributed by atoms with van der Waals surface area (Å²) in [6.45, 7) is 0. The summed E-state index contributed by atoms with van der Waals surface area (Å²) < 4.78 is 5.53. The Labute approximate surface area is 153 Å². The van der Waals surface area contributed by atoms with E-state index >= 15 is 0 Å². The van der Waals surface area contributed by atoms with Gasteiger partial charge in [0, 0.05) is 11.6 Å². The lowest BCUT2D eigenvalue weighted by molar-refractivity contribution is -0.384. The minimum absolute atomic E-state index is 0.00161. The second kappa shape index (κ2) is 7.92. The van der Waals surface area contributed by atoms with Gasteiger partial charge in [-0.3, -0.25) is 10.1 Å². The van der Waals surface area contributed by atoms with Crippen LogP contribution < -0.4 is 0 Å². The molecule has 27 heavy (non-hydrogen) atoms. The maximum atomic E-state index is 10.7. The van der Waals surface area contributed by atoms with E-state index in [1.54, 1.807) is 36.4 Å². The van der Waals surface area contributed by atoms with Gasteiger partial charge in [0.25, 0.3) is 5.69 Å². The number of hydrogen-bond acceptors (Lipinski definition) is 5. The molecule has 0 radical (unpaired) electrons. The molecule has 7 nitrogen and oxygen atoms in total. The number of nitro benzene ring substituents is 1. The van der Waals surface area contributed by atoms with Gasteiger partial charge in [0.1, 0.15) is 5.52 Å². The molecule has 3 aromatic carbocycles. The topological polar surface area (TPSA) is 106 Å². The number of hydrogen-bond donors (Lipinski definition) is 1. The summed E-state index contributed by atoms with van der Waals surface area (Å²) in [5, 5.41) is 19.0. The van der Waals surface area contributed by atoms with Crippen molar-refractivity contribution in [3.8, 4) is 11.5 Å². The number of aromatic nitrogens is 1. The minimum Gasteiger partial charge on any atom is -0.478 e. The van der Waals surface area contributed by atoms with Crippen molar-refractivity contribution in [1.82, 2.24) is 4.98 Å². The fourth-order valence-electron chi connectivity index (χ4n) is 2.31. The Kier molecular flexibility index (Phi) is 5.22. The molecule has 0 saturated carbocycles. The van der Waals surface area contributed by atoms with Crippen molar-refractivity contribution in [3.63, 3.8) is 0 Å². The highest BCUT2D eigenvalue weighted by atomic mass is 16.6. The number of carboxylic acid groups (broad SMARTS) is 1. The largest absolute Gasteiger partial charge is 0.478 e. The van der Waals surface area contributed by atoms with Crippen LogP contribution in [0.2, 0.25) is 0 Å². The van der Waals surface area contributed by atoms with Crippen molar-refractivity contribution in [1.29, 1.82) is 0 Å². The Balaban J connectivity index is 0.000000197. The van der Waals surface area contributed by atoms with Crippen LogP contribution in [0.25, 0.3) is 22.6 Å². The molecule has 0 spiro atoms. The zero-order valence-corrected chi connectivity index (χ0v) is 14.0. The van der Waals surface area contributed by atoms with Crippen LogP contribution in [0, 0.1) is 10.1 Å². The molecule has 1 N–H and O–H groups in total. The van der Waals surface area contributed by atoms with Gasteiger partial charge >= 0.3 is 5.97 Å². The standard InChI is InChI=1S/C13H8N2O3.C7H6O2/c16-15(17)10-6-7-11-12(8-10)18-13(14-11)9-4-2-1-3-5-9;8-7(9)6-4-2-1-3-5-6/h1-8H;1-5H,(H,8,9). The molecule has 1 aromatic heterocycles. The molecule has 0 amide bonds. The maximum absolute atomic E-state index is 10.7. The maximum Gasteiger partial charge on any atom is 0.335 e. The molecule has 0 bridgehead atoms. The van der Waals surface area contributed by atoms with E-state index in [1.165, 1.54) is 12.1 Å². The monoisotopic (exact) mass is 362 g/mol. The molecule has 4 aromatic rings. The van der Waals surface area contributed by atoms with Gasteiger partial charge in [0.15, 0.2) is 5.58 Å². The Bertz CT molecular complexity index is 1080. The number of carboxylic acids is 1. The van der Waals surface area contributed by atoms with Crippen LogP contribution in [-0.2, 0) is 0 Å². The Morgan fingerprint density at radius 3 is 2.15 bits per heavy atom. The van der Waals surface area contributed by atoms with Gasteiger partial charge in [0.05, 0.1) is 16.6 Å². The Morgan fingerprint density at radius 2 is 1.59 bits per heavy atom. The van der Waals surface area contributed by atoms with Gasteiger partial charge < -0.3 is 9.52 Å². The van der Waals surface area contributed by atoms with Crippen LogP contribution in [0.5, 0.6) is 0 Å². The molecule has 0 aliphatic carbocycles. The molecule has 4 rings (SSSR count). The number of carbonyl (C=O) groups is 1. The predicted octanol–water partition coefficient (Wildman–Crippen LogP) is 4.79. The van der Waals surface area contributed by atoms with Crippen LogP contribution in [0.15, 0.2) is 83.3 Å². The number of nitro groups is 1. The van der Waals surface area contributed by atoms with E-state index in [2.05, 4.69) is 4.98 Å². The number of non-ortho nitro benzene ring substituents is 1. The lowest BCUT2D eigenvalue weighted by Gasteiger charge is -1.91.